The molecule has 0 heterocycles. The van der Waals surface area contributed by atoms with E-state index in [0.717, 1.165) is 0 Å². The molecule has 6 nitrogen and oxygen atoms in total. The van der Waals surface area contributed by atoms with Crippen LogP contribution in [0.5, 0.6) is 0 Å². The highest BCUT2D eigenvalue weighted by Crippen LogP contribution is 2.42. The van der Waals surface area contributed by atoms with E-state index >= 15 is 0 Å². The number of carbonyl (C=O) groups excluding carboxylic acids is 2. The Labute approximate surface area is 118 Å². The number of hydrogen-bond acceptors (Lipinski definition) is 6. The zero-order chi connectivity index (χ0) is 15.5. The Morgan fingerprint density at radius 2 is 2.10 bits per heavy atom. The van der Waals surface area contributed by atoms with Crippen molar-refractivity contribution in [2.24, 2.45) is 16.5 Å². The predicted molar refractivity (Wildman–Crippen MR) is 73.3 cm³/mol. The van der Waals surface area contributed by atoms with Crippen LogP contribution in [0.25, 0.3) is 0 Å². The molecule has 0 aromatic rings. The van der Waals surface area contributed by atoms with E-state index in [1.807, 2.05) is 0 Å². The van der Waals surface area contributed by atoms with Gasteiger partial charge in [0.2, 0.25) is 0 Å². The first kappa shape index (κ1) is 16.2. The van der Waals surface area contributed by atoms with Crippen molar-refractivity contribution in [1.29, 1.82) is 0 Å². The molecule has 20 heavy (non-hydrogen) atoms. The molecule has 1 aliphatic rings. The molecule has 0 fully saturated rings. The number of aliphatic hydroxyl groups excluding tert-OH is 1. The fourth-order valence-electron chi connectivity index (χ4n) is 2.40. The SMILES string of the molecule is CCO/N=C(/C)C1=C(O)C(C(=O)OC)C(C)(C)CC1=O. The highest BCUT2D eigenvalue weighted by molar-refractivity contribution is 6.22. The number of aliphatic hydroxyl groups is 1. The Kier molecular flexibility index (Phi) is 4.92. The van der Waals surface area contributed by atoms with Crippen molar-refractivity contribution >= 4 is 17.5 Å². The minimum absolute atomic E-state index is 0.0492. The van der Waals surface area contributed by atoms with Crippen LogP contribution in [0.4, 0.5) is 0 Å². The zero-order valence-electron chi connectivity index (χ0n) is 12.5. The van der Waals surface area contributed by atoms with Crippen LogP contribution in [0.15, 0.2) is 16.5 Å². The molecule has 0 aliphatic heterocycles. The first-order valence-electron chi connectivity index (χ1n) is 6.47. The van der Waals surface area contributed by atoms with Crippen molar-refractivity contribution in [2.75, 3.05) is 13.7 Å². The Morgan fingerprint density at radius 1 is 1.50 bits per heavy atom. The highest BCUT2D eigenvalue weighted by Gasteiger charge is 2.47. The number of nitrogens with zero attached hydrogens (tertiary/aromatic N) is 1. The second kappa shape index (κ2) is 6.07. The van der Waals surface area contributed by atoms with E-state index < -0.39 is 17.3 Å². The average Bonchev–Trinajstić information content (AvgIpc) is 2.34. The van der Waals surface area contributed by atoms with Gasteiger partial charge in [0.1, 0.15) is 18.3 Å². The van der Waals surface area contributed by atoms with Gasteiger partial charge in [-0.05, 0) is 19.3 Å². The third-order valence-electron chi connectivity index (χ3n) is 3.34. The maximum atomic E-state index is 12.2. The van der Waals surface area contributed by atoms with Gasteiger partial charge in [-0.15, -0.1) is 0 Å². The van der Waals surface area contributed by atoms with Gasteiger partial charge in [0.15, 0.2) is 5.78 Å². The first-order chi connectivity index (χ1) is 9.26. The van der Waals surface area contributed by atoms with Crippen LogP contribution in [0, 0.1) is 11.3 Å². The van der Waals surface area contributed by atoms with Crippen LogP contribution in [-0.4, -0.2) is 36.3 Å². The second-order valence-corrected chi connectivity index (χ2v) is 5.40. The van der Waals surface area contributed by atoms with E-state index in [1.54, 1.807) is 27.7 Å². The molecule has 0 saturated carbocycles. The van der Waals surface area contributed by atoms with Gasteiger partial charge in [0.25, 0.3) is 0 Å². The lowest BCUT2D eigenvalue weighted by Crippen LogP contribution is -2.41. The molecular formula is C14H21NO5. The number of oxime groups is 1. The van der Waals surface area contributed by atoms with E-state index in [9.17, 15) is 14.7 Å². The van der Waals surface area contributed by atoms with Gasteiger partial charge in [0.05, 0.1) is 18.4 Å². The van der Waals surface area contributed by atoms with Gasteiger partial charge in [-0.25, -0.2) is 0 Å². The molecule has 112 valence electrons. The molecule has 1 aliphatic carbocycles. The summed E-state index contributed by atoms with van der Waals surface area (Å²) in [5.41, 5.74) is -0.393. The number of methoxy groups -OCH3 is 1. The summed E-state index contributed by atoms with van der Waals surface area (Å²) in [5, 5.41) is 14.1. The van der Waals surface area contributed by atoms with Crippen LogP contribution in [0.1, 0.15) is 34.1 Å². The molecule has 1 atom stereocenters. The van der Waals surface area contributed by atoms with Gasteiger partial charge in [-0.2, -0.15) is 0 Å². The zero-order valence-corrected chi connectivity index (χ0v) is 12.5. The summed E-state index contributed by atoms with van der Waals surface area (Å²) in [6, 6.07) is 0. The van der Waals surface area contributed by atoms with Gasteiger partial charge < -0.3 is 14.7 Å². The second-order valence-electron chi connectivity index (χ2n) is 5.40. The number of rotatable bonds is 4. The number of esters is 1. The van der Waals surface area contributed by atoms with E-state index in [1.165, 1.54) is 7.11 Å². The molecule has 0 aromatic carbocycles. The van der Waals surface area contributed by atoms with E-state index in [-0.39, 0.29) is 29.2 Å². The molecule has 6 heteroatoms. The van der Waals surface area contributed by atoms with Crippen molar-refractivity contribution in [3.05, 3.63) is 11.3 Å². The molecule has 0 bridgehead atoms. The van der Waals surface area contributed by atoms with Crippen molar-refractivity contribution in [3.8, 4) is 0 Å². The lowest BCUT2D eigenvalue weighted by atomic mass is 9.68. The molecule has 0 spiro atoms. The molecule has 0 saturated heterocycles. The van der Waals surface area contributed by atoms with Crippen LogP contribution < -0.4 is 0 Å². The standard InChI is InChI=1S/C14H21NO5/c1-6-20-15-8(2)10-9(16)7-14(3,4)11(12(10)17)13(18)19-5/h11,17H,6-7H2,1-5H3/b15-8-. The Balaban J connectivity index is 3.33. The first-order valence-corrected chi connectivity index (χ1v) is 6.47. The lowest BCUT2D eigenvalue weighted by Gasteiger charge is -2.36. The van der Waals surface area contributed by atoms with Crippen molar-refractivity contribution < 1.29 is 24.3 Å². The fraction of sp³-hybridized carbons (Fsp3) is 0.643. The number of allylic oxidation sites excluding steroid dienone is 1. The molecule has 0 aromatic heterocycles. The summed E-state index contributed by atoms with van der Waals surface area (Å²) in [7, 11) is 1.25. The van der Waals surface area contributed by atoms with Gasteiger partial charge in [-0.1, -0.05) is 19.0 Å². The van der Waals surface area contributed by atoms with Crippen molar-refractivity contribution in [1.82, 2.24) is 0 Å². The maximum absolute atomic E-state index is 12.2. The number of hydrogen-bond donors (Lipinski definition) is 1. The summed E-state index contributed by atoms with van der Waals surface area (Å²) < 4.78 is 4.72. The minimum Gasteiger partial charge on any atom is -0.511 e. The van der Waals surface area contributed by atoms with Crippen molar-refractivity contribution in [3.63, 3.8) is 0 Å². The monoisotopic (exact) mass is 283 g/mol. The third kappa shape index (κ3) is 3.00. The van der Waals surface area contributed by atoms with Crippen LogP contribution >= 0.6 is 0 Å². The average molecular weight is 283 g/mol. The van der Waals surface area contributed by atoms with Crippen LogP contribution in [0.3, 0.4) is 0 Å². The quantitative estimate of drug-likeness (QED) is 0.484. The third-order valence-corrected chi connectivity index (χ3v) is 3.34. The number of Topliss-reactive ketones (excluding diaryl/α,β-unsaturated/α-hetero) is 1. The van der Waals surface area contributed by atoms with Crippen molar-refractivity contribution in [2.45, 2.75) is 34.1 Å². The minimum atomic E-state index is -0.882. The summed E-state index contributed by atoms with van der Waals surface area (Å²) in [4.78, 5) is 29.0. The lowest BCUT2D eigenvalue weighted by molar-refractivity contribution is -0.150. The smallest absolute Gasteiger partial charge is 0.316 e. The number of carbonyl (C=O) groups is 2. The van der Waals surface area contributed by atoms with E-state index in [4.69, 9.17) is 9.57 Å². The summed E-state index contributed by atoms with van der Waals surface area (Å²) in [6.07, 6.45) is 0.130. The topological polar surface area (TPSA) is 85.2 Å². The van der Waals surface area contributed by atoms with Crippen LogP contribution in [0.2, 0.25) is 0 Å². The van der Waals surface area contributed by atoms with Gasteiger partial charge in [0, 0.05) is 6.42 Å². The van der Waals surface area contributed by atoms with Gasteiger partial charge >= 0.3 is 5.97 Å². The normalized spacial score (nSPS) is 22.8. The molecular weight excluding hydrogens is 262 g/mol. The summed E-state index contributed by atoms with van der Waals surface area (Å²) in [5.74, 6) is -2.00. The Bertz CT molecular complexity index is 476. The fourth-order valence-corrected chi connectivity index (χ4v) is 2.40. The van der Waals surface area contributed by atoms with E-state index in [0.29, 0.717) is 6.61 Å². The van der Waals surface area contributed by atoms with Gasteiger partial charge in [-0.3, -0.25) is 9.59 Å². The summed E-state index contributed by atoms with van der Waals surface area (Å²) >= 11 is 0. The Morgan fingerprint density at radius 3 is 2.60 bits per heavy atom. The molecule has 0 radical (unpaired) electrons. The Hall–Kier alpha value is -1.85. The molecule has 1 rings (SSSR count). The molecule has 1 unspecified atom stereocenters. The largest absolute Gasteiger partial charge is 0.511 e. The predicted octanol–water partition coefficient (Wildman–Crippen LogP) is 2.00. The van der Waals surface area contributed by atoms with Crippen LogP contribution in [-0.2, 0) is 19.2 Å². The number of ketones is 1. The molecule has 0 amide bonds. The molecule has 1 N–H and O–H groups in total. The highest BCUT2D eigenvalue weighted by atomic mass is 16.6. The van der Waals surface area contributed by atoms with E-state index in [2.05, 4.69) is 5.16 Å². The maximum Gasteiger partial charge on any atom is 0.316 e. The number of ether oxygens (including phenoxy) is 1. The summed E-state index contributed by atoms with van der Waals surface area (Å²) in [6.45, 7) is 7.16.